The van der Waals surface area contributed by atoms with E-state index in [9.17, 15) is 4.79 Å². The van der Waals surface area contributed by atoms with Crippen molar-refractivity contribution in [2.45, 2.75) is 27.2 Å². The summed E-state index contributed by atoms with van der Waals surface area (Å²) in [6, 6.07) is 0. The summed E-state index contributed by atoms with van der Waals surface area (Å²) in [5.74, 6) is 0. The second-order valence-electron chi connectivity index (χ2n) is 5.10. The lowest BCUT2D eigenvalue weighted by Gasteiger charge is -2.23. The summed E-state index contributed by atoms with van der Waals surface area (Å²) >= 11 is 4.98. The smallest absolute Gasteiger partial charge is 0.220 e. The molecule has 0 heterocycles. The molecule has 1 rings (SSSR count). The van der Waals surface area contributed by atoms with E-state index in [-0.39, 0.29) is 5.43 Å². The summed E-state index contributed by atoms with van der Waals surface area (Å²) in [4.78, 5) is 15.9. The maximum atomic E-state index is 11.6. The summed E-state index contributed by atoms with van der Waals surface area (Å²) in [6.45, 7) is 11.5. The van der Waals surface area contributed by atoms with E-state index in [2.05, 4.69) is 18.7 Å². The Balaban J connectivity index is 2.22. The molecule has 0 amide bonds. The van der Waals surface area contributed by atoms with E-state index in [0.717, 1.165) is 44.0 Å². The van der Waals surface area contributed by atoms with Crippen molar-refractivity contribution in [1.82, 2.24) is 4.90 Å². The van der Waals surface area contributed by atoms with Gasteiger partial charge in [0.05, 0.1) is 23.4 Å². The maximum Gasteiger partial charge on any atom is 0.220 e. The average Bonchev–Trinajstić information content (AvgIpc) is 2.45. The molecule has 0 bridgehead atoms. The number of rotatable bonds is 10. The van der Waals surface area contributed by atoms with Crippen molar-refractivity contribution in [1.29, 1.82) is 0 Å². The van der Waals surface area contributed by atoms with Crippen LogP contribution >= 0.6 is 12.2 Å². The highest BCUT2D eigenvalue weighted by Crippen LogP contribution is 2.17. The minimum atomic E-state index is 0.0000962. The molecule has 0 aliphatic heterocycles. The molecule has 1 aromatic carbocycles. The molecule has 0 unspecified atom stereocenters. The van der Waals surface area contributed by atoms with Gasteiger partial charge >= 0.3 is 0 Å². The third kappa shape index (κ3) is 4.36. The average molecular weight is 298 g/mol. The van der Waals surface area contributed by atoms with Crippen molar-refractivity contribution in [2.75, 3.05) is 51.3 Å². The predicted molar refractivity (Wildman–Crippen MR) is 87.1 cm³/mol. The van der Waals surface area contributed by atoms with Crippen molar-refractivity contribution < 1.29 is 4.74 Å². The first-order valence-corrected chi connectivity index (χ1v) is 7.74. The quantitative estimate of drug-likeness (QED) is 0.488. The molecule has 0 fully saturated rings. The molecular formula is C15H26N2O2S. The van der Waals surface area contributed by atoms with Crippen molar-refractivity contribution in [3.8, 4) is 0 Å². The lowest BCUT2D eigenvalue weighted by atomic mass is 10.1. The third-order valence-corrected chi connectivity index (χ3v) is 4.10. The van der Waals surface area contributed by atoms with E-state index >= 15 is 0 Å². The number of anilines is 1. The molecule has 0 saturated heterocycles. The largest absolute Gasteiger partial charge is 0.378 e. The van der Waals surface area contributed by atoms with Gasteiger partial charge in [-0.1, -0.05) is 26.1 Å². The van der Waals surface area contributed by atoms with Crippen LogP contribution in [-0.4, -0.2) is 51.3 Å². The van der Waals surface area contributed by atoms with E-state index in [1.54, 1.807) is 0 Å². The molecule has 20 heavy (non-hydrogen) atoms. The van der Waals surface area contributed by atoms with E-state index < -0.39 is 0 Å². The van der Waals surface area contributed by atoms with Crippen LogP contribution in [0.1, 0.15) is 25.8 Å². The van der Waals surface area contributed by atoms with Crippen LogP contribution in [0.3, 0.4) is 0 Å². The van der Waals surface area contributed by atoms with E-state index in [0.29, 0.717) is 11.1 Å². The van der Waals surface area contributed by atoms with Crippen molar-refractivity contribution in [2.24, 2.45) is 0 Å². The molecular weight excluding hydrogens is 272 g/mol. The highest BCUT2D eigenvalue weighted by Gasteiger charge is 2.17. The summed E-state index contributed by atoms with van der Waals surface area (Å²) in [6.07, 6.45) is 1.17. The molecule has 0 N–H and O–H groups in total. The van der Waals surface area contributed by atoms with Gasteiger partial charge in [-0.2, -0.15) is 0 Å². The Hall–Kier alpha value is -0.780. The number of hydrogen-bond acceptors (Lipinski definition) is 5. The molecule has 0 radical (unpaired) electrons. The standard InChI is InChI=1S/C15H26N2O2S/c1-5-7-17(6-2)9-11-19-10-8-16(4)13-12(3)15(20)14(13)18/h5-11H2,1-4H3. The molecule has 5 heteroatoms. The third-order valence-electron chi connectivity index (χ3n) is 3.61. The summed E-state index contributed by atoms with van der Waals surface area (Å²) in [5, 5.41) is 0. The zero-order valence-electron chi connectivity index (χ0n) is 13.1. The Morgan fingerprint density at radius 3 is 2.35 bits per heavy atom. The normalized spacial score (nSPS) is 11.4. The Morgan fingerprint density at radius 1 is 1.15 bits per heavy atom. The second-order valence-corrected chi connectivity index (χ2v) is 5.51. The minimum absolute atomic E-state index is 0.0000962. The Labute approximate surface area is 127 Å². The molecule has 0 aliphatic carbocycles. The van der Waals surface area contributed by atoms with Crippen LogP contribution in [0.15, 0.2) is 4.79 Å². The minimum Gasteiger partial charge on any atom is -0.378 e. The summed E-state index contributed by atoms with van der Waals surface area (Å²) in [5.41, 5.74) is 1.69. The van der Waals surface area contributed by atoms with Crippen LogP contribution in [0.25, 0.3) is 0 Å². The SMILES string of the molecule is CCCN(CC)CCOCCN(C)c1c(C)c(=S)c1=O. The number of ether oxygens (including phenoxy) is 1. The van der Waals surface area contributed by atoms with Gasteiger partial charge in [0.25, 0.3) is 0 Å². The fraction of sp³-hybridized carbons (Fsp3) is 0.733. The first kappa shape index (κ1) is 17.3. The predicted octanol–water partition coefficient (Wildman–Crippen LogP) is 2.15. The zero-order valence-corrected chi connectivity index (χ0v) is 13.9. The van der Waals surface area contributed by atoms with Gasteiger partial charge in [-0.3, -0.25) is 4.79 Å². The van der Waals surface area contributed by atoms with Gasteiger partial charge in [0.15, 0.2) is 0 Å². The molecule has 0 saturated carbocycles. The Kier molecular flexibility index (Phi) is 7.34. The van der Waals surface area contributed by atoms with Crippen LogP contribution in [0.4, 0.5) is 5.69 Å². The van der Waals surface area contributed by atoms with E-state index in [1.807, 2.05) is 18.9 Å². The van der Waals surface area contributed by atoms with Gasteiger partial charge in [0.1, 0.15) is 0 Å². The van der Waals surface area contributed by atoms with Crippen molar-refractivity contribution >= 4 is 17.9 Å². The van der Waals surface area contributed by atoms with Gasteiger partial charge in [-0.25, -0.2) is 0 Å². The molecule has 0 spiro atoms. The van der Waals surface area contributed by atoms with Crippen LogP contribution < -0.4 is 10.3 Å². The van der Waals surface area contributed by atoms with Gasteiger partial charge < -0.3 is 14.5 Å². The van der Waals surface area contributed by atoms with Gasteiger partial charge in [0.2, 0.25) is 5.43 Å². The van der Waals surface area contributed by atoms with Crippen LogP contribution in [0.5, 0.6) is 0 Å². The fourth-order valence-corrected chi connectivity index (χ4v) is 2.50. The zero-order chi connectivity index (χ0) is 15.1. The fourth-order valence-electron chi connectivity index (χ4n) is 2.31. The van der Waals surface area contributed by atoms with Gasteiger partial charge in [0, 0.05) is 20.1 Å². The summed E-state index contributed by atoms with van der Waals surface area (Å²) < 4.78 is 6.13. The first-order chi connectivity index (χ1) is 9.52. The highest BCUT2D eigenvalue weighted by atomic mass is 32.1. The highest BCUT2D eigenvalue weighted by molar-refractivity contribution is 7.71. The van der Waals surface area contributed by atoms with E-state index in [1.165, 1.54) is 6.42 Å². The van der Waals surface area contributed by atoms with Crippen LogP contribution in [0, 0.1) is 11.4 Å². The lowest BCUT2D eigenvalue weighted by molar-refractivity contribution is 0.110. The molecule has 0 aromatic heterocycles. The Morgan fingerprint density at radius 2 is 1.80 bits per heavy atom. The van der Waals surface area contributed by atoms with E-state index in [4.69, 9.17) is 17.0 Å². The lowest BCUT2D eigenvalue weighted by Crippen LogP contribution is -2.33. The molecule has 1 aromatic rings. The van der Waals surface area contributed by atoms with Crippen molar-refractivity contribution in [3.05, 3.63) is 20.3 Å². The second kappa shape index (κ2) is 8.49. The summed E-state index contributed by atoms with van der Waals surface area (Å²) in [7, 11) is 1.91. The van der Waals surface area contributed by atoms with Gasteiger partial charge in [-0.05, 0) is 32.0 Å². The topological polar surface area (TPSA) is 32.8 Å². The van der Waals surface area contributed by atoms with Crippen LogP contribution in [-0.2, 0) is 4.74 Å². The molecule has 114 valence electrons. The molecule has 0 aliphatic rings. The Bertz CT molecular complexity index is 480. The van der Waals surface area contributed by atoms with Crippen molar-refractivity contribution in [3.63, 3.8) is 0 Å². The number of likely N-dealkylation sites (N-methyl/N-ethyl adjacent to an activating group) is 2. The van der Waals surface area contributed by atoms with Gasteiger partial charge in [-0.15, -0.1) is 0 Å². The first-order valence-electron chi connectivity index (χ1n) is 7.34. The molecule has 4 nitrogen and oxygen atoms in total. The molecule has 0 atom stereocenters. The number of nitrogens with zero attached hydrogens (tertiary/aromatic N) is 2. The number of hydrogen-bond donors (Lipinski definition) is 0. The maximum absolute atomic E-state index is 11.6. The van der Waals surface area contributed by atoms with Crippen LogP contribution in [0.2, 0.25) is 0 Å². The monoisotopic (exact) mass is 298 g/mol.